The highest BCUT2D eigenvalue weighted by Crippen LogP contribution is 2.36. The van der Waals surface area contributed by atoms with Gasteiger partial charge in [-0.3, -0.25) is 14.4 Å². The summed E-state index contributed by atoms with van der Waals surface area (Å²) in [6.07, 6.45) is 4.16. The molecule has 0 heterocycles. The summed E-state index contributed by atoms with van der Waals surface area (Å²) < 4.78 is 0. The van der Waals surface area contributed by atoms with Gasteiger partial charge in [0.2, 0.25) is 5.91 Å². The molecule has 0 aromatic heterocycles. The molecule has 0 aromatic carbocycles. The Morgan fingerprint density at radius 1 is 1.07 bits per heavy atom. The number of Topliss-reactive ketones (excluding diaryl/α,β-unsaturated/α-hetero) is 2. The molecule has 0 aliphatic heterocycles. The van der Waals surface area contributed by atoms with Crippen LogP contribution in [0.5, 0.6) is 0 Å². The molecule has 1 aliphatic rings. The molecule has 6 heteroatoms. The minimum Gasteiger partial charge on any atom is -0.393 e. The third-order valence-electron chi connectivity index (χ3n) is 5.90. The van der Waals surface area contributed by atoms with Gasteiger partial charge < -0.3 is 16.2 Å². The molecule has 4 N–H and O–H groups in total. The number of ketones is 2. The first kappa shape index (κ1) is 24.8. The van der Waals surface area contributed by atoms with Crippen molar-refractivity contribution in [2.24, 2.45) is 35.3 Å². The number of rotatable bonds is 11. The summed E-state index contributed by atoms with van der Waals surface area (Å²) in [5, 5.41) is 12.8. The van der Waals surface area contributed by atoms with E-state index in [4.69, 9.17) is 5.73 Å². The van der Waals surface area contributed by atoms with E-state index in [-0.39, 0.29) is 36.4 Å². The van der Waals surface area contributed by atoms with Crippen LogP contribution >= 0.6 is 0 Å². The highest BCUT2D eigenvalue weighted by Gasteiger charge is 2.36. The van der Waals surface area contributed by atoms with Gasteiger partial charge in [0, 0.05) is 24.8 Å². The lowest BCUT2D eigenvalue weighted by Crippen LogP contribution is -2.51. The van der Waals surface area contributed by atoms with Gasteiger partial charge in [-0.2, -0.15) is 0 Å². The summed E-state index contributed by atoms with van der Waals surface area (Å²) in [6, 6.07) is -0.785. The second-order valence-corrected chi connectivity index (χ2v) is 9.15. The Labute approximate surface area is 170 Å². The van der Waals surface area contributed by atoms with Crippen LogP contribution in [0.2, 0.25) is 0 Å². The smallest absolute Gasteiger partial charge is 0.226 e. The molecule has 1 rings (SSSR count). The molecule has 2 unspecified atom stereocenters. The normalized spacial score (nSPS) is 23.3. The van der Waals surface area contributed by atoms with Gasteiger partial charge in [0.05, 0.1) is 18.1 Å². The number of hydrogen-bond acceptors (Lipinski definition) is 5. The fourth-order valence-corrected chi connectivity index (χ4v) is 4.30. The molecule has 1 saturated carbocycles. The molecule has 1 aliphatic carbocycles. The number of amides is 1. The Morgan fingerprint density at radius 3 is 2.18 bits per heavy atom. The van der Waals surface area contributed by atoms with Crippen LogP contribution in [0.3, 0.4) is 0 Å². The molecule has 5 atom stereocenters. The van der Waals surface area contributed by atoms with E-state index in [0.717, 1.165) is 32.1 Å². The lowest BCUT2D eigenvalue weighted by molar-refractivity contribution is -0.137. The average Bonchev–Trinajstić information content (AvgIpc) is 2.62. The number of hydrogen-bond donors (Lipinski definition) is 3. The Balaban J connectivity index is 2.83. The van der Waals surface area contributed by atoms with Crippen molar-refractivity contribution in [3.8, 4) is 0 Å². The Hall–Kier alpha value is -1.27. The van der Waals surface area contributed by atoms with E-state index in [0.29, 0.717) is 11.8 Å². The van der Waals surface area contributed by atoms with Crippen LogP contribution in [0.1, 0.15) is 73.1 Å². The van der Waals surface area contributed by atoms with Crippen LogP contribution in [0.15, 0.2) is 0 Å². The molecule has 0 spiro atoms. The van der Waals surface area contributed by atoms with E-state index in [1.165, 1.54) is 6.92 Å². The second-order valence-electron chi connectivity index (χ2n) is 9.15. The van der Waals surface area contributed by atoms with E-state index in [1.54, 1.807) is 13.8 Å². The van der Waals surface area contributed by atoms with Crippen molar-refractivity contribution < 1.29 is 19.5 Å². The highest BCUT2D eigenvalue weighted by molar-refractivity contribution is 5.93. The molecule has 0 radical (unpaired) electrons. The second kappa shape index (κ2) is 11.7. The Kier molecular flexibility index (Phi) is 10.3. The van der Waals surface area contributed by atoms with E-state index in [1.807, 2.05) is 0 Å². The first-order valence-electron chi connectivity index (χ1n) is 10.8. The predicted octanol–water partition coefficient (Wildman–Crippen LogP) is 2.46. The van der Waals surface area contributed by atoms with Crippen molar-refractivity contribution >= 4 is 17.5 Å². The Morgan fingerprint density at radius 2 is 1.68 bits per heavy atom. The summed E-state index contributed by atoms with van der Waals surface area (Å²) in [6.45, 7) is 9.37. The SMILES string of the molecule is CC(C)CC1CCCCC1C(=O)C[C@H](C(=O)N[C@@H](CN)C(=O)C(C)C)[C@H](C)O. The molecular formula is C22H40N2O4. The maximum absolute atomic E-state index is 13.0. The maximum atomic E-state index is 13.0. The van der Waals surface area contributed by atoms with E-state index in [9.17, 15) is 19.5 Å². The zero-order valence-corrected chi connectivity index (χ0v) is 18.2. The molecule has 28 heavy (non-hydrogen) atoms. The van der Waals surface area contributed by atoms with Gasteiger partial charge in [-0.15, -0.1) is 0 Å². The average molecular weight is 397 g/mol. The zero-order valence-electron chi connectivity index (χ0n) is 18.2. The van der Waals surface area contributed by atoms with Crippen LogP contribution in [-0.2, 0) is 14.4 Å². The number of nitrogens with two attached hydrogens (primary N) is 1. The van der Waals surface area contributed by atoms with Crippen LogP contribution in [-0.4, -0.2) is 41.3 Å². The third-order valence-corrected chi connectivity index (χ3v) is 5.90. The minimum absolute atomic E-state index is 0.00230. The molecule has 0 aromatic rings. The Bertz CT molecular complexity index is 531. The van der Waals surface area contributed by atoms with Gasteiger partial charge in [0.25, 0.3) is 0 Å². The van der Waals surface area contributed by atoms with Crippen molar-refractivity contribution in [2.75, 3.05) is 6.54 Å². The van der Waals surface area contributed by atoms with Crippen LogP contribution in [0, 0.1) is 29.6 Å². The number of aliphatic hydroxyl groups excluding tert-OH is 1. The summed E-state index contributed by atoms with van der Waals surface area (Å²) >= 11 is 0. The number of nitrogens with one attached hydrogen (secondary N) is 1. The summed E-state index contributed by atoms with van der Waals surface area (Å²) in [5.41, 5.74) is 5.65. The van der Waals surface area contributed by atoms with Crippen LogP contribution in [0.4, 0.5) is 0 Å². The number of carbonyl (C=O) groups excluding carboxylic acids is 3. The largest absolute Gasteiger partial charge is 0.393 e. The summed E-state index contributed by atoms with van der Waals surface area (Å²) in [4.78, 5) is 37.9. The van der Waals surface area contributed by atoms with E-state index >= 15 is 0 Å². The first-order valence-corrected chi connectivity index (χ1v) is 10.8. The lowest BCUT2D eigenvalue weighted by Gasteiger charge is -2.33. The van der Waals surface area contributed by atoms with Crippen molar-refractivity contribution in [2.45, 2.75) is 85.3 Å². The monoisotopic (exact) mass is 396 g/mol. The number of carbonyl (C=O) groups is 3. The van der Waals surface area contributed by atoms with E-state index in [2.05, 4.69) is 19.2 Å². The van der Waals surface area contributed by atoms with E-state index < -0.39 is 24.0 Å². The standard InChI is InChI=1S/C22H40N2O4/c1-13(2)10-16-8-6-7-9-17(16)20(26)11-18(15(5)25)22(28)24-19(12-23)21(27)14(3)4/h13-19,25H,6-12,23H2,1-5H3,(H,24,28)/t15-,16?,17?,18-,19-/m0/s1. The summed E-state index contributed by atoms with van der Waals surface area (Å²) in [7, 11) is 0. The van der Waals surface area contributed by atoms with Crippen molar-refractivity contribution in [1.29, 1.82) is 0 Å². The van der Waals surface area contributed by atoms with Gasteiger partial charge in [0.15, 0.2) is 5.78 Å². The quantitative estimate of drug-likeness (QED) is 0.497. The van der Waals surface area contributed by atoms with Crippen molar-refractivity contribution in [3.63, 3.8) is 0 Å². The van der Waals surface area contributed by atoms with Crippen LogP contribution in [0.25, 0.3) is 0 Å². The van der Waals surface area contributed by atoms with Crippen molar-refractivity contribution in [1.82, 2.24) is 5.32 Å². The molecule has 1 fully saturated rings. The highest BCUT2D eigenvalue weighted by atomic mass is 16.3. The molecule has 1 amide bonds. The van der Waals surface area contributed by atoms with Gasteiger partial charge in [-0.25, -0.2) is 0 Å². The lowest BCUT2D eigenvalue weighted by atomic mass is 9.72. The van der Waals surface area contributed by atoms with Gasteiger partial charge >= 0.3 is 0 Å². The maximum Gasteiger partial charge on any atom is 0.226 e. The number of aliphatic hydroxyl groups is 1. The predicted molar refractivity (Wildman–Crippen MR) is 111 cm³/mol. The molecule has 0 bridgehead atoms. The molecule has 0 saturated heterocycles. The third kappa shape index (κ3) is 7.28. The first-order chi connectivity index (χ1) is 13.1. The van der Waals surface area contributed by atoms with Crippen LogP contribution < -0.4 is 11.1 Å². The fourth-order valence-electron chi connectivity index (χ4n) is 4.30. The minimum atomic E-state index is -0.969. The summed E-state index contributed by atoms with van der Waals surface area (Å²) in [5.74, 6) is -0.805. The molecular weight excluding hydrogens is 356 g/mol. The van der Waals surface area contributed by atoms with Gasteiger partial charge in [-0.05, 0) is 38.0 Å². The van der Waals surface area contributed by atoms with Gasteiger partial charge in [0.1, 0.15) is 5.78 Å². The zero-order chi connectivity index (χ0) is 21.4. The van der Waals surface area contributed by atoms with Crippen molar-refractivity contribution in [3.05, 3.63) is 0 Å². The molecule has 6 nitrogen and oxygen atoms in total. The fraction of sp³-hybridized carbons (Fsp3) is 0.864. The topological polar surface area (TPSA) is 109 Å². The van der Waals surface area contributed by atoms with Gasteiger partial charge in [-0.1, -0.05) is 40.5 Å². The molecule has 162 valence electrons.